The van der Waals surface area contributed by atoms with Gasteiger partial charge in [-0.1, -0.05) is 48.0 Å². The maximum Gasteiger partial charge on any atom is 0.276 e. The Morgan fingerprint density at radius 3 is 2.07 bits per heavy atom. The fourth-order valence-electron chi connectivity index (χ4n) is 2.55. The topological polar surface area (TPSA) is 87.6 Å². The largest absolute Gasteiger partial charge is 0.322 e. The van der Waals surface area contributed by atoms with Crippen LogP contribution in [-0.4, -0.2) is 20.0 Å². The van der Waals surface area contributed by atoms with Crippen LogP contribution in [0.1, 0.15) is 28.4 Å². The minimum absolute atomic E-state index is 0.152. The zero-order chi connectivity index (χ0) is 20.9. The summed E-state index contributed by atoms with van der Waals surface area (Å²) in [7, 11) is -3.73. The minimum atomic E-state index is -3.73. The zero-order valence-corrected chi connectivity index (χ0v) is 16.9. The maximum absolute atomic E-state index is 12.3. The SMILES string of the molecule is C/C(=N/NS(=O)(=O)c1ccc(C)cc1)c1ccc(NC(=O)c2ccccc2)cc1. The van der Waals surface area contributed by atoms with E-state index in [2.05, 4.69) is 15.2 Å². The number of carbonyl (C=O) groups is 1. The van der Waals surface area contributed by atoms with Crippen LogP contribution in [-0.2, 0) is 10.0 Å². The standard InChI is InChI=1S/C22H21N3O3S/c1-16-8-14-21(15-9-16)29(27,28)25-24-17(2)18-10-12-20(13-11-18)23-22(26)19-6-4-3-5-7-19/h3-15,25H,1-2H3,(H,23,26)/b24-17-. The first-order valence-electron chi connectivity index (χ1n) is 8.95. The average molecular weight is 407 g/mol. The molecule has 29 heavy (non-hydrogen) atoms. The third-order valence-electron chi connectivity index (χ3n) is 4.26. The van der Waals surface area contributed by atoms with E-state index >= 15 is 0 Å². The van der Waals surface area contributed by atoms with E-state index in [-0.39, 0.29) is 10.8 Å². The second-order valence-corrected chi connectivity index (χ2v) is 8.16. The number of benzene rings is 3. The number of hydrogen-bond acceptors (Lipinski definition) is 4. The van der Waals surface area contributed by atoms with Gasteiger partial charge in [0.15, 0.2) is 0 Å². The molecule has 0 saturated carbocycles. The summed E-state index contributed by atoms with van der Waals surface area (Å²) in [5.41, 5.74) is 3.41. The number of amides is 1. The first-order chi connectivity index (χ1) is 13.8. The van der Waals surface area contributed by atoms with Crippen molar-refractivity contribution >= 4 is 27.3 Å². The van der Waals surface area contributed by atoms with Gasteiger partial charge < -0.3 is 5.32 Å². The van der Waals surface area contributed by atoms with Crippen LogP contribution in [0.25, 0.3) is 0 Å². The molecule has 0 aliphatic carbocycles. The number of rotatable bonds is 6. The van der Waals surface area contributed by atoms with Crippen molar-refractivity contribution in [3.05, 3.63) is 95.6 Å². The highest BCUT2D eigenvalue weighted by atomic mass is 32.2. The molecule has 0 heterocycles. The molecule has 6 nitrogen and oxygen atoms in total. The highest BCUT2D eigenvalue weighted by Gasteiger charge is 2.12. The van der Waals surface area contributed by atoms with Crippen molar-refractivity contribution < 1.29 is 13.2 Å². The highest BCUT2D eigenvalue weighted by molar-refractivity contribution is 7.89. The van der Waals surface area contributed by atoms with Crippen LogP contribution in [0.15, 0.2) is 88.9 Å². The van der Waals surface area contributed by atoms with Gasteiger partial charge >= 0.3 is 0 Å². The molecular formula is C22H21N3O3S. The molecule has 0 spiro atoms. The van der Waals surface area contributed by atoms with E-state index in [4.69, 9.17) is 0 Å². The Balaban J connectivity index is 1.67. The highest BCUT2D eigenvalue weighted by Crippen LogP contribution is 2.13. The van der Waals surface area contributed by atoms with Gasteiger partial charge in [-0.3, -0.25) is 4.79 Å². The Kier molecular flexibility index (Phi) is 6.09. The van der Waals surface area contributed by atoms with Gasteiger partial charge in [-0.15, -0.1) is 0 Å². The third-order valence-corrected chi connectivity index (χ3v) is 5.49. The lowest BCUT2D eigenvalue weighted by atomic mass is 10.1. The molecule has 0 aliphatic rings. The molecule has 3 rings (SSSR count). The van der Waals surface area contributed by atoms with E-state index in [1.807, 2.05) is 13.0 Å². The van der Waals surface area contributed by atoms with Gasteiger partial charge in [0.25, 0.3) is 15.9 Å². The number of hydrazone groups is 1. The lowest BCUT2D eigenvalue weighted by Gasteiger charge is -2.08. The number of hydrogen-bond donors (Lipinski definition) is 2. The van der Waals surface area contributed by atoms with Crippen molar-refractivity contribution in [3.63, 3.8) is 0 Å². The van der Waals surface area contributed by atoms with E-state index in [9.17, 15) is 13.2 Å². The predicted octanol–water partition coefficient (Wildman–Crippen LogP) is 3.95. The summed E-state index contributed by atoms with van der Waals surface area (Å²) in [6, 6.07) is 22.5. The van der Waals surface area contributed by atoms with Gasteiger partial charge in [-0.05, 0) is 55.8 Å². The van der Waals surface area contributed by atoms with Gasteiger partial charge in [0.1, 0.15) is 0 Å². The molecule has 0 fully saturated rings. The van der Waals surface area contributed by atoms with Gasteiger partial charge in [-0.25, -0.2) is 0 Å². The summed E-state index contributed by atoms with van der Waals surface area (Å²) in [6.07, 6.45) is 0. The molecule has 1 amide bonds. The van der Waals surface area contributed by atoms with Crippen LogP contribution in [0.4, 0.5) is 5.69 Å². The second-order valence-electron chi connectivity index (χ2n) is 6.50. The molecule has 0 radical (unpaired) electrons. The molecule has 0 aromatic heterocycles. The Bertz CT molecular complexity index is 1120. The summed E-state index contributed by atoms with van der Waals surface area (Å²) in [5.74, 6) is -0.199. The average Bonchev–Trinajstić information content (AvgIpc) is 2.73. The Morgan fingerprint density at radius 1 is 0.828 bits per heavy atom. The Hall–Kier alpha value is -3.45. The van der Waals surface area contributed by atoms with E-state index < -0.39 is 10.0 Å². The minimum Gasteiger partial charge on any atom is -0.322 e. The number of anilines is 1. The fourth-order valence-corrected chi connectivity index (χ4v) is 3.41. The quantitative estimate of drug-likeness (QED) is 0.479. The smallest absolute Gasteiger partial charge is 0.276 e. The summed E-state index contributed by atoms with van der Waals surface area (Å²) in [6.45, 7) is 3.59. The molecule has 3 aromatic carbocycles. The van der Waals surface area contributed by atoms with E-state index in [0.29, 0.717) is 17.0 Å². The molecule has 0 atom stereocenters. The Labute approximate surface area is 170 Å². The summed E-state index contributed by atoms with van der Waals surface area (Å²) in [5, 5.41) is 6.81. The zero-order valence-electron chi connectivity index (χ0n) is 16.1. The van der Waals surface area contributed by atoms with Gasteiger partial charge in [0, 0.05) is 11.3 Å². The monoisotopic (exact) mass is 407 g/mol. The van der Waals surface area contributed by atoms with Gasteiger partial charge in [-0.2, -0.15) is 18.4 Å². The van der Waals surface area contributed by atoms with E-state index in [1.54, 1.807) is 67.6 Å². The number of aryl methyl sites for hydroxylation is 1. The lowest BCUT2D eigenvalue weighted by molar-refractivity contribution is 0.102. The van der Waals surface area contributed by atoms with Crippen LogP contribution in [0.3, 0.4) is 0 Å². The summed E-state index contributed by atoms with van der Waals surface area (Å²) >= 11 is 0. The molecule has 0 bridgehead atoms. The van der Waals surface area contributed by atoms with Crippen LogP contribution < -0.4 is 10.1 Å². The van der Waals surface area contributed by atoms with E-state index in [1.165, 1.54) is 12.1 Å². The molecular weight excluding hydrogens is 386 g/mol. The lowest BCUT2D eigenvalue weighted by Crippen LogP contribution is -2.20. The molecule has 0 aliphatic heterocycles. The van der Waals surface area contributed by atoms with Gasteiger partial charge in [0.2, 0.25) is 0 Å². The normalized spacial score (nSPS) is 11.7. The molecule has 7 heteroatoms. The number of nitrogens with zero attached hydrogens (tertiary/aromatic N) is 1. The molecule has 3 aromatic rings. The number of nitrogens with one attached hydrogen (secondary N) is 2. The van der Waals surface area contributed by atoms with Crippen molar-refractivity contribution in [2.75, 3.05) is 5.32 Å². The number of sulfonamides is 1. The van der Waals surface area contributed by atoms with Crippen LogP contribution >= 0.6 is 0 Å². The molecule has 0 unspecified atom stereocenters. The van der Waals surface area contributed by atoms with Crippen molar-refractivity contribution in [3.8, 4) is 0 Å². The molecule has 148 valence electrons. The summed E-state index contributed by atoms with van der Waals surface area (Å²) in [4.78, 5) is 14.6. The van der Waals surface area contributed by atoms with Crippen molar-refractivity contribution in [1.29, 1.82) is 0 Å². The number of carbonyl (C=O) groups excluding carboxylic acids is 1. The Morgan fingerprint density at radius 2 is 1.45 bits per heavy atom. The van der Waals surface area contributed by atoms with Crippen molar-refractivity contribution in [2.45, 2.75) is 18.7 Å². The van der Waals surface area contributed by atoms with Crippen LogP contribution in [0, 0.1) is 6.92 Å². The third kappa shape index (κ3) is 5.30. The second kappa shape index (κ2) is 8.70. The predicted molar refractivity (Wildman–Crippen MR) is 115 cm³/mol. The van der Waals surface area contributed by atoms with Crippen LogP contribution in [0.2, 0.25) is 0 Å². The summed E-state index contributed by atoms with van der Waals surface area (Å²) < 4.78 is 24.6. The first-order valence-corrected chi connectivity index (χ1v) is 10.4. The van der Waals surface area contributed by atoms with Crippen molar-refractivity contribution in [1.82, 2.24) is 4.83 Å². The molecule has 2 N–H and O–H groups in total. The van der Waals surface area contributed by atoms with Gasteiger partial charge in [0.05, 0.1) is 10.6 Å². The van der Waals surface area contributed by atoms with E-state index in [0.717, 1.165) is 11.1 Å². The van der Waals surface area contributed by atoms with Crippen LogP contribution in [0.5, 0.6) is 0 Å². The molecule has 0 saturated heterocycles. The fraction of sp³-hybridized carbons (Fsp3) is 0.0909. The van der Waals surface area contributed by atoms with Crippen molar-refractivity contribution in [2.24, 2.45) is 5.10 Å². The first kappa shape index (κ1) is 20.3. The maximum atomic E-state index is 12.3.